The van der Waals surface area contributed by atoms with Crippen LogP contribution in [0.4, 0.5) is 4.39 Å². The van der Waals surface area contributed by atoms with Crippen LogP contribution in [0, 0.1) is 5.82 Å². The lowest BCUT2D eigenvalue weighted by Gasteiger charge is -2.16. The summed E-state index contributed by atoms with van der Waals surface area (Å²) < 4.78 is 35.6. The lowest BCUT2D eigenvalue weighted by atomic mass is 9.95. The smallest absolute Gasteiger partial charge is 0.238 e. The van der Waals surface area contributed by atoms with Crippen molar-refractivity contribution in [2.75, 3.05) is 0 Å². The van der Waals surface area contributed by atoms with Crippen LogP contribution in [0.1, 0.15) is 25.3 Å². The number of benzene rings is 1. The maximum Gasteiger partial charge on any atom is 0.238 e. The lowest BCUT2D eigenvalue weighted by Crippen LogP contribution is -2.23. The summed E-state index contributed by atoms with van der Waals surface area (Å²) in [6.07, 6.45) is 0. The van der Waals surface area contributed by atoms with Crippen molar-refractivity contribution < 1.29 is 12.8 Å². The largest absolute Gasteiger partial charge is 0.327 e. The number of halogens is 1. The molecule has 0 fully saturated rings. The maximum absolute atomic E-state index is 13.6. The average molecular weight is 246 g/mol. The monoisotopic (exact) mass is 246 g/mol. The van der Waals surface area contributed by atoms with Crippen molar-refractivity contribution in [2.45, 2.75) is 30.7 Å². The fourth-order valence-electron chi connectivity index (χ4n) is 1.34. The molecule has 16 heavy (non-hydrogen) atoms. The zero-order chi connectivity index (χ0) is 12.5. The summed E-state index contributed by atoms with van der Waals surface area (Å²) in [7, 11) is -3.86. The number of hydrogen-bond acceptors (Lipinski definition) is 3. The molecule has 1 rings (SSSR count). The van der Waals surface area contributed by atoms with Crippen LogP contribution in [0.15, 0.2) is 23.1 Å². The van der Waals surface area contributed by atoms with Gasteiger partial charge in [0.05, 0.1) is 4.90 Å². The first-order chi connectivity index (χ1) is 7.23. The fourth-order valence-corrected chi connectivity index (χ4v) is 1.86. The molecule has 0 aliphatic carbocycles. The van der Waals surface area contributed by atoms with Gasteiger partial charge in [-0.25, -0.2) is 17.9 Å². The van der Waals surface area contributed by atoms with E-state index in [-0.39, 0.29) is 16.9 Å². The Kier molecular flexibility index (Phi) is 3.67. The molecule has 2 atom stereocenters. The average Bonchev–Trinajstić information content (AvgIpc) is 2.15. The number of rotatable bonds is 3. The molecule has 0 heterocycles. The van der Waals surface area contributed by atoms with Crippen molar-refractivity contribution in [3.63, 3.8) is 0 Å². The van der Waals surface area contributed by atoms with E-state index in [1.807, 2.05) is 0 Å². The third kappa shape index (κ3) is 2.78. The second-order valence-electron chi connectivity index (χ2n) is 3.88. The zero-order valence-electron chi connectivity index (χ0n) is 9.14. The van der Waals surface area contributed by atoms with E-state index in [2.05, 4.69) is 0 Å². The minimum Gasteiger partial charge on any atom is -0.327 e. The Bertz CT molecular complexity index is 486. The van der Waals surface area contributed by atoms with Gasteiger partial charge in [-0.1, -0.05) is 13.0 Å². The summed E-state index contributed by atoms with van der Waals surface area (Å²) in [6, 6.07) is 3.40. The number of sulfonamides is 1. The van der Waals surface area contributed by atoms with E-state index in [0.29, 0.717) is 5.56 Å². The Morgan fingerprint density at radius 2 is 1.88 bits per heavy atom. The van der Waals surface area contributed by atoms with Gasteiger partial charge in [-0.3, -0.25) is 0 Å². The van der Waals surface area contributed by atoms with Gasteiger partial charge in [-0.2, -0.15) is 0 Å². The summed E-state index contributed by atoms with van der Waals surface area (Å²) in [5.41, 5.74) is 6.04. The van der Waals surface area contributed by atoms with Crippen molar-refractivity contribution in [1.29, 1.82) is 0 Å². The molecule has 0 aliphatic rings. The van der Waals surface area contributed by atoms with Crippen LogP contribution in [-0.2, 0) is 10.0 Å². The summed E-state index contributed by atoms with van der Waals surface area (Å²) in [5.74, 6) is -0.786. The predicted octanol–water partition coefficient (Wildman–Crippen LogP) is 0.924. The van der Waals surface area contributed by atoms with Crippen molar-refractivity contribution in [3.05, 3.63) is 29.6 Å². The number of primary sulfonamides is 1. The predicted molar refractivity (Wildman–Crippen MR) is 59.8 cm³/mol. The van der Waals surface area contributed by atoms with Gasteiger partial charge in [-0.05, 0) is 30.5 Å². The van der Waals surface area contributed by atoms with E-state index in [9.17, 15) is 12.8 Å². The lowest BCUT2D eigenvalue weighted by molar-refractivity contribution is 0.545. The highest BCUT2D eigenvalue weighted by Gasteiger charge is 2.17. The van der Waals surface area contributed by atoms with Gasteiger partial charge in [0.15, 0.2) is 0 Å². The molecule has 0 spiro atoms. The van der Waals surface area contributed by atoms with Crippen LogP contribution < -0.4 is 10.9 Å². The Hall–Kier alpha value is -0.980. The van der Waals surface area contributed by atoms with E-state index in [0.717, 1.165) is 6.07 Å². The summed E-state index contributed by atoms with van der Waals surface area (Å²) >= 11 is 0. The molecule has 0 aromatic heterocycles. The second kappa shape index (κ2) is 4.48. The summed E-state index contributed by atoms with van der Waals surface area (Å²) in [5, 5.41) is 4.89. The van der Waals surface area contributed by atoms with E-state index >= 15 is 0 Å². The molecule has 4 nitrogen and oxygen atoms in total. The molecule has 0 aliphatic heterocycles. The molecular weight excluding hydrogens is 231 g/mol. The molecule has 2 unspecified atom stereocenters. The molecule has 0 saturated carbocycles. The van der Waals surface area contributed by atoms with Gasteiger partial charge in [-0.15, -0.1) is 0 Å². The molecular formula is C10H15FN2O2S. The topological polar surface area (TPSA) is 86.2 Å². The first-order valence-corrected chi connectivity index (χ1v) is 6.36. The normalized spacial score (nSPS) is 15.8. The Morgan fingerprint density at radius 1 is 1.31 bits per heavy atom. The van der Waals surface area contributed by atoms with E-state index in [4.69, 9.17) is 10.9 Å². The van der Waals surface area contributed by atoms with Gasteiger partial charge in [0.2, 0.25) is 10.0 Å². The third-order valence-electron chi connectivity index (χ3n) is 2.58. The highest BCUT2D eigenvalue weighted by Crippen LogP contribution is 2.23. The van der Waals surface area contributed by atoms with Crippen LogP contribution in [0.5, 0.6) is 0 Å². The Morgan fingerprint density at radius 3 is 2.25 bits per heavy atom. The van der Waals surface area contributed by atoms with Crippen LogP contribution in [0.25, 0.3) is 0 Å². The van der Waals surface area contributed by atoms with E-state index in [1.165, 1.54) is 12.1 Å². The van der Waals surface area contributed by atoms with Gasteiger partial charge in [0.25, 0.3) is 0 Å². The molecule has 4 N–H and O–H groups in total. The number of nitrogens with two attached hydrogens (primary N) is 2. The summed E-state index contributed by atoms with van der Waals surface area (Å²) in [4.78, 5) is -0.231. The molecule has 0 saturated heterocycles. The van der Waals surface area contributed by atoms with Gasteiger partial charge in [0, 0.05) is 6.04 Å². The van der Waals surface area contributed by atoms with Crippen LogP contribution in [0.3, 0.4) is 0 Å². The molecule has 1 aromatic carbocycles. The van der Waals surface area contributed by atoms with Crippen LogP contribution in [0.2, 0.25) is 0 Å². The molecule has 0 amide bonds. The zero-order valence-corrected chi connectivity index (χ0v) is 9.96. The molecule has 0 bridgehead atoms. The Labute approximate surface area is 94.5 Å². The second-order valence-corrected chi connectivity index (χ2v) is 5.44. The SMILES string of the molecule is CC(N)C(C)c1ccc(S(N)(=O)=O)cc1F. The molecule has 0 radical (unpaired) electrons. The third-order valence-corrected chi connectivity index (χ3v) is 3.49. The van der Waals surface area contributed by atoms with Crippen molar-refractivity contribution in [2.24, 2.45) is 10.9 Å². The van der Waals surface area contributed by atoms with Gasteiger partial charge < -0.3 is 5.73 Å². The van der Waals surface area contributed by atoms with E-state index in [1.54, 1.807) is 13.8 Å². The van der Waals surface area contributed by atoms with Crippen LogP contribution >= 0.6 is 0 Å². The van der Waals surface area contributed by atoms with Crippen molar-refractivity contribution in [1.82, 2.24) is 0 Å². The highest BCUT2D eigenvalue weighted by atomic mass is 32.2. The first kappa shape index (κ1) is 13.1. The maximum atomic E-state index is 13.6. The van der Waals surface area contributed by atoms with Gasteiger partial charge in [0.1, 0.15) is 5.82 Å². The standard InChI is InChI=1S/C10H15FN2O2S/c1-6(7(2)12)9-4-3-8(5-10(9)11)16(13,14)15/h3-7H,12H2,1-2H3,(H2,13,14,15). The minimum absolute atomic E-state index is 0.186. The van der Waals surface area contributed by atoms with Crippen molar-refractivity contribution in [3.8, 4) is 0 Å². The summed E-state index contributed by atoms with van der Waals surface area (Å²) in [6.45, 7) is 3.54. The Balaban J connectivity index is 3.20. The van der Waals surface area contributed by atoms with Crippen molar-refractivity contribution >= 4 is 10.0 Å². The minimum atomic E-state index is -3.86. The number of hydrogen-bond donors (Lipinski definition) is 2. The van der Waals surface area contributed by atoms with E-state index < -0.39 is 15.8 Å². The van der Waals surface area contributed by atoms with Crippen LogP contribution in [-0.4, -0.2) is 14.5 Å². The fraction of sp³-hybridized carbons (Fsp3) is 0.400. The highest BCUT2D eigenvalue weighted by molar-refractivity contribution is 7.89. The molecule has 90 valence electrons. The first-order valence-electron chi connectivity index (χ1n) is 4.81. The molecule has 6 heteroatoms. The quantitative estimate of drug-likeness (QED) is 0.831. The molecule has 1 aromatic rings. The van der Waals surface area contributed by atoms with Gasteiger partial charge >= 0.3 is 0 Å².